The number of rotatable bonds is 2. The standard InChI is InChI=1S/C13H11ClN2/c14-7-5-12-13-10(6-8-15-12)9-3-1-2-4-11(9)16-13/h1-4,6,8,16H,5,7H2. The number of hydrogen-bond acceptors (Lipinski definition) is 1. The van der Waals surface area contributed by atoms with Gasteiger partial charge < -0.3 is 4.98 Å². The lowest BCUT2D eigenvalue weighted by Gasteiger charge is -1.98. The molecule has 3 heteroatoms. The van der Waals surface area contributed by atoms with E-state index >= 15 is 0 Å². The lowest BCUT2D eigenvalue weighted by atomic mass is 10.1. The number of para-hydroxylation sites is 1. The summed E-state index contributed by atoms with van der Waals surface area (Å²) in [6.45, 7) is 0. The Morgan fingerprint density at radius 2 is 2.00 bits per heavy atom. The third kappa shape index (κ3) is 1.38. The summed E-state index contributed by atoms with van der Waals surface area (Å²) in [5, 5.41) is 2.47. The Morgan fingerprint density at radius 3 is 2.88 bits per heavy atom. The van der Waals surface area contributed by atoms with Gasteiger partial charge >= 0.3 is 0 Å². The van der Waals surface area contributed by atoms with Gasteiger partial charge in [0, 0.05) is 34.8 Å². The molecule has 0 amide bonds. The molecule has 0 aliphatic rings. The summed E-state index contributed by atoms with van der Waals surface area (Å²) in [5.41, 5.74) is 3.31. The van der Waals surface area contributed by atoms with E-state index in [9.17, 15) is 0 Å². The molecule has 2 heterocycles. The number of halogens is 1. The monoisotopic (exact) mass is 230 g/mol. The molecule has 0 radical (unpaired) electrons. The van der Waals surface area contributed by atoms with Crippen molar-refractivity contribution in [3.63, 3.8) is 0 Å². The van der Waals surface area contributed by atoms with Crippen LogP contribution in [0.15, 0.2) is 36.5 Å². The molecule has 3 aromatic rings. The average Bonchev–Trinajstić information content (AvgIpc) is 2.69. The van der Waals surface area contributed by atoms with Crippen LogP contribution in [0.5, 0.6) is 0 Å². The van der Waals surface area contributed by atoms with Crippen LogP contribution in [0.2, 0.25) is 0 Å². The highest BCUT2D eigenvalue weighted by atomic mass is 35.5. The van der Waals surface area contributed by atoms with E-state index in [0.29, 0.717) is 5.88 Å². The van der Waals surface area contributed by atoms with Crippen molar-refractivity contribution in [1.82, 2.24) is 9.97 Å². The van der Waals surface area contributed by atoms with E-state index in [-0.39, 0.29) is 0 Å². The largest absolute Gasteiger partial charge is 0.353 e. The molecule has 0 unspecified atom stereocenters. The first kappa shape index (κ1) is 9.67. The van der Waals surface area contributed by atoms with E-state index in [1.54, 1.807) is 0 Å². The number of hydrogen-bond donors (Lipinski definition) is 1. The Hall–Kier alpha value is -1.54. The average molecular weight is 231 g/mol. The molecule has 0 atom stereocenters. The molecule has 0 bridgehead atoms. The number of nitrogens with one attached hydrogen (secondary N) is 1. The molecular weight excluding hydrogens is 220 g/mol. The zero-order valence-corrected chi connectivity index (χ0v) is 9.46. The van der Waals surface area contributed by atoms with Crippen LogP contribution in [0.4, 0.5) is 0 Å². The highest BCUT2D eigenvalue weighted by Crippen LogP contribution is 2.26. The maximum atomic E-state index is 5.78. The van der Waals surface area contributed by atoms with Crippen molar-refractivity contribution in [2.24, 2.45) is 0 Å². The highest BCUT2D eigenvalue weighted by molar-refractivity contribution is 6.18. The van der Waals surface area contributed by atoms with Gasteiger partial charge in [-0.05, 0) is 12.1 Å². The van der Waals surface area contributed by atoms with Crippen molar-refractivity contribution in [3.8, 4) is 0 Å². The molecule has 2 aromatic heterocycles. The molecule has 2 nitrogen and oxygen atoms in total. The van der Waals surface area contributed by atoms with Gasteiger partial charge in [0.1, 0.15) is 0 Å². The van der Waals surface area contributed by atoms with Crippen LogP contribution in [-0.4, -0.2) is 15.8 Å². The summed E-state index contributed by atoms with van der Waals surface area (Å²) in [6.07, 6.45) is 2.65. The predicted molar refractivity (Wildman–Crippen MR) is 68.0 cm³/mol. The predicted octanol–water partition coefficient (Wildman–Crippen LogP) is 3.50. The van der Waals surface area contributed by atoms with Gasteiger partial charge in [0.15, 0.2) is 0 Å². The zero-order valence-electron chi connectivity index (χ0n) is 8.70. The summed E-state index contributed by atoms with van der Waals surface area (Å²) in [4.78, 5) is 7.79. The van der Waals surface area contributed by atoms with Crippen molar-refractivity contribution in [2.75, 3.05) is 5.88 Å². The topological polar surface area (TPSA) is 28.7 Å². The number of H-pyrrole nitrogens is 1. The van der Waals surface area contributed by atoms with Crippen LogP contribution in [0.3, 0.4) is 0 Å². The first-order valence-electron chi connectivity index (χ1n) is 5.30. The zero-order chi connectivity index (χ0) is 11.0. The van der Waals surface area contributed by atoms with Gasteiger partial charge in [-0.25, -0.2) is 0 Å². The lowest BCUT2D eigenvalue weighted by molar-refractivity contribution is 1.06. The number of aromatic amines is 1. The third-order valence-electron chi connectivity index (χ3n) is 2.84. The van der Waals surface area contributed by atoms with Gasteiger partial charge in [-0.15, -0.1) is 11.6 Å². The van der Waals surface area contributed by atoms with Gasteiger partial charge in [-0.3, -0.25) is 4.98 Å². The minimum absolute atomic E-state index is 0.599. The second kappa shape index (κ2) is 3.80. The Kier molecular flexibility index (Phi) is 2.29. The fourth-order valence-electron chi connectivity index (χ4n) is 2.11. The van der Waals surface area contributed by atoms with E-state index in [4.69, 9.17) is 11.6 Å². The summed E-state index contributed by atoms with van der Waals surface area (Å²) in [7, 11) is 0. The van der Waals surface area contributed by atoms with Crippen LogP contribution >= 0.6 is 11.6 Å². The minimum Gasteiger partial charge on any atom is -0.353 e. The van der Waals surface area contributed by atoms with Crippen molar-refractivity contribution in [3.05, 3.63) is 42.2 Å². The molecule has 16 heavy (non-hydrogen) atoms. The molecule has 0 saturated heterocycles. The number of alkyl halides is 1. The van der Waals surface area contributed by atoms with Crippen molar-refractivity contribution >= 4 is 33.4 Å². The summed E-state index contributed by atoms with van der Waals surface area (Å²) in [6, 6.07) is 10.3. The molecule has 1 N–H and O–H groups in total. The summed E-state index contributed by atoms with van der Waals surface area (Å²) in [5.74, 6) is 0.599. The van der Waals surface area contributed by atoms with Crippen LogP contribution in [0, 0.1) is 0 Å². The molecule has 0 spiro atoms. The lowest BCUT2D eigenvalue weighted by Crippen LogP contribution is -1.91. The van der Waals surface area contributed by atoms with Gasteiger partial charge in [0.25, 0.3) is 0 Å². The van der Waals surface area contributed by atoms with Crippen LogP contribution in [-0.2, 0) is 6.42 Å². The SMILES string of the molecule is ClCCc1nccc2c1[nH]c1ccccc12. The fourth-order valence-corrected chi connectivity index (χ4v) is 2.29. The van der Waals surface area contributed by atoms with Gasteiger partial charge in [-0.2, -0.15) is 0 Å². The van der Waals surface area contributed by atoms with Crippen LogP contribution < -0.4 is 0 Å². The van der Waals surface area contributed by atoms with Crippen LogP contribution in [0.25, 0.3) is 21.8 Å². The van der Waals surface area contributed by atoms with Gasteiger partial charge in [-0.1, -0.05) is 18.2 Å². The Labute approximate surface area is 98.3 Å². The third-order valence-corrected chi connectivity index (χ3v) is 3.03. The van der Waals surface area contributed by atoms with E-state index < -0.39 is 0 Å². The van der Waals surface area contributed by atoms with Crippen LogP contribution in [0.1, 0.15) is 5.69 Å². The van der Waals surface area contributed by atoms with Crippen molar-refractivity contribution < 1.29 is 0 Å². The fraction of sp³-hybridized carbons (Fsp3) is 0.154. The smallest absolute Gasteiger partial charge is 0.0684 e. The number of pyridine rings is 1. The maximum Gasteiger partial charge on any atom is 0.0684 e. The van der Waals surface area contributed by atoms with Crippen molar-refractivity contribution in [1.29, 1.82) is 0 Å². The first-order chi connectivity index (χ1) is 7.90. The number of benzene rings is 1. The molecule has 0 saturated carbocycles. The van der Waals surface area contributed by atoms with Crippen molar-refractivity contribution in [2.45, 2.75) is 6.42 Å². The van der Waals surface area contributed by atoms with Gasteiger partial charge in [0.2, 0.25) is 0 Å². The Balaban J connectivity index is 2.39. The van der Waals surface area contributed by atoms with E-state index in [0.717, 1.165) is 23.1 Å². The Morgan fingerprint density at radius 1 is 1.12 bits per heavy atom. The molecule has 0 aliphatic heterocycles. The first-order valence-corrected chi connectivity index (χ1v) is 5.84. The molecule has 3 rings (SSSR count). The second-order valence-electron chi connectivity index (χ2n) is 3.79. The van der Waals surface area contributed by atoms with Gasteiger partial charge in [0.05, 0.1) is 11.2 Å². The molecule has 0 fully saturated rings. The summed E-state index contributed by atoms with van der Waals surface area (Å²) < 4.78 is 0. The quantitative estimate of drug-likeness (QED) is 0.671. The second-order valence-corrected chi connectivity index (χ2v) is 4.17. The van der Waals surface area contributed by atoms with E-state index in [1.807, 2.05) is 18.3 Å². The molecule has 1 aromatic carbocycles. The number of aryl methyl sites for hydroxylation is 1. The van der Waals surface area contributed by atoms with E-state index in [1.165, 1.54) is 10.8 Å². The molecule has 0 aliphatic carbocycles. The maximum absolute atomic E-state index is 5.78. The van der Waals surface area contributed by atoms with E-state index in [2.05, 4.69) is 28.2 Å². The minimum atomic E-state index is 0.599. The number of aromatic nitrogens is 2. The Bertz CT molecular complexity index is 643. The summed E-state index contributed by atoms with van der Waals surface area (Å²) >= 11 is 5.78. The number of nitrogens with zero attached hydrogens (tertiary/aromatic N) is 1. The molecule has 80 valence electrons. The normalized spacial score (nSPS) is 11.3. The highest BCUT2D eigenvalue weighted by Gasteiger charge is 2.07. The number of fused-ring (bicyclic) bond motifs is 3. The molecular formula is C13H11ClN2.